The summed E-state index contributed by atoms with van der Waals surface area (Å²) in [6, 6.07) is 0. The summed E-state index contributed by atoms with van der Waals surface area (Å²) >= 11 is 0. The maximum absolute atomic E-state index is 10.2. The van der Waals surface area contributed by atoms with Crippen LogP contribution < -0.4 is 11.1 Å². The van der Waals surface area contributed by atoms with E-state index in [4.69, 9.17) is 17.3 Å². The lowest BCUT2D eigenvalue weighted by molar-refractivity contribution is -0.116. The Hall–Kier alpha value is -2.06. The molecule has 0 aromatic heterocycles. The van der Waals surface area contributed by atoms with Crippen molar-refractivity contribution in [3.8, 4) is 12.3 Å². The van der Waals surface area contributed by atoms with E-state index in [9.17, 15) is 9.59 Å². The normalized spacial score (nSPS) is 7.75. The molecule has 2 amide bonds. The number of carbonyl (C=O) groups excluding carboxylic acids is 2. The van der Waals surface area contributed by atoms with Crippen LogP contribution in [0.1, 0.15) is 6.42 Å². The maximum atomic E-state index is 10.2. The summed E-state index contributed by atoms with van der Waals surface area (Å²) in [5.74, 6) is 1.47. The molecular formula is C11H16N2O3. The van der Waals surface area contributed by atoms with Gasteiger partial charge in [0.25, 0.3) is 0 Å². The molecule has 0 fully saturated rings. The first kappa shape index (κ1) is 16.4. The number of rotatable bonds is 5. The molecule has 0 rings (SSSR count). The van der Waals surface area contributed by atoms with Gasteiger partial charge >= 0.3 is 0 Å². The highest BCUT2D eigenvalue weighted by molar-refractivity contribution is 5.91. The third kappa shape index (κ3) is 11.9. The van der Waals surface area contributed by atoms with Crippen LogP contribution in [0, 0.1) is 12.3 Å². The predicted octanol–water partition coefficient (Wildman–Crippen LogP) is -0.668. The van der Waals surface area contributed by atoms with Crippen LogP contribution in [-0.4, -0.2) is 30.1 Å². The Morgan fingerprint density at radius 3 is 2.38 bits per heavy atom. The van der Waals surface area contributed by atoms with Crippen molar-refractivity contribution in [2.24, 2.45) is 5.73 Å². The minimum Gasteiger partial charge on any atom is -0.395 e. The number of aliphatic hydroxyl groups is 1. The van der Waals surface area contributed by atoms with Gasteiger partial charge in [-0.2, -0.15) is 0 Å². The summed E-state index contributed by atoms with van der Waals surface area (Å²) in [6.45, 7) is 6.82. The Morgan fingerprint density at radius 1 is 1.56 bits per heavy atom. The highest BCUT2D eigenvalue weighted by Crippen LogP contribution is 1.91. The molecule has 0 heterocycles. The standard InChI is InChI=1S/C6H7NO.C5H9NO2/c1-3-4-5(2)6(7)8;1-2-5(8)6-3-4-7/h1H,2,4H2,(H2,7,8);2,7H,1,3-4H2,(H,6,8). The monoisotopic (exact) mass is 224 g/mol. The Morgan fingerprint density at radius 2 is 2.12 bits per heavy atom. The number of hydrogen-bond donors (Lipinski definition) is 3. The quantitative estimate of drug-likeness (QED) is 0.427. The number of nitrogens with one attached hydrogen (secondary N) is 1. The van der Waals surface area contributed by atoms with E-state index < -0.39 is 5.91 Å². The summed E-state index contributed by atoms with van der Waals surface area (Å²) in [6.07, 6.45) is 6.26. The lowest BCUT2D eigenvalue weighted by Crippen LogP contribution is -2.23. The van der Waals surface area contributed by atoms with Crippen LogP contribution in [0.5, 0.6) is 0 Å². The lowest BCUT2D eigenvalue weighted by Gasteiger charge is -1.94. The van der Waals surface area contributed by atoms with Crippen LogP contribution in [0.4, 0.5) is 0 Å². The van der Waals surface area contributed by atoms with E-state index in [1.807, 2.05) is 0 Å². The van der Waals surface area contributed by atoms with Gasteiger partial charge in [-0.05, 0) is 6.08 Å². The van der Waals surface area contributed by atoms with Gasteiger partial charge in [0, 0.05) is 18.5 Å². The molecule has 4 N–H and O–H groups in total. The van der Waals surface area contributed by atoms with E-state index in [1.54, 1.807) is 0 Å². The lowest BCUT2D eigenvalue weighted by atomic mass is 10.2. The van der Waals surface area contributed by atoms with Gasteiger partial charge in [-0.25, -0.2) is 0 Å². The zero-order valence-electron chi connectivity index (χ0n) is 9.03. The van der Waals surface area contributed by atoms with Crippen LogP contribution >= 0.6 is 0 Å². The fraction of sp³-hybridized carbons (Fsp3) is 0.273. The molecule has 5 heteroatoms. The number of hydrogen-bond acceptors (Lipinski definition) is 3. The van der Waals surface area contributed by atoms with E-state index >= 15 is 0 Å². The van der Waals surface area contributed by atoms with E-state index in [0.717, 1.165) is 6.08 Å². The largest absolute Gasteiger partial charge is 0.395 e. The van der Waals surface area contributed by atoms with Crippen LogP contribution in [0.15, 0.2) is 24.8 Å². The Balaban J connectivity index is 0. The van der Waals surface area contributed by atoms with Crippen molar-refractivity contribution in [2.75, 3.05) is 13.2 Å². The molecule has 0 unspecified atom stereocenters. The molecule has 0 aromatic carbocycles. The first-order valence-corrected chi connectivity index (χ1v) is 4.41. The fourth-order valence-electron chi connectivity index (χ4n) is 0.462. The van der Waals surface area contributed by atoms with Crippen molar-refractivity contribution in [1.82, 2.24) is 5.32 Å². The smallest absolute Gasteiger partial charge is 0.244 e. The molecule has 0 spiro atoms. The van der Waals surface area contributed by atoms with Gasteiger partial charge in [0.2, 0.25) is 11.8 Å². The first-order chi connectivity index (χ1) is 7.49. The molecule has 0 aromatic rings. The average Bonchev–Trinajstić information content (AvgIpc) is 2.27. The summed E-state index contributed by atoms with van der Waals surface area (Å²) in [5, 5.41) is 10.5. The van der Waals surface area contributed by atoms with Gasteiger partial charge in [0.15, 0.2) is 0 Å². The fourth-order valence-corrected chi connectivity index (χ4v) is 0.462. The number of amides is 2. The SMILES string of the molecule is C#CCC(=C)C(N)=O.C=CC(=O)NCCO. The van der Waals surface area contributed by atoms with Crippen LogP contribution in [0.25, 0.3) is 0 Å². The van der Waals surface area contributed by atoms with Gasteiger partial charge in [0.1, 0.15) is 0 Å². The van der Waals surface area contributed by atoms with Crippen LogP contribution in [0.2, 0.25) is 0 Å². The summed E-state index contributed by atoms with van der Waals surface area (Å²) in [7, 11) is 0. The van der Waals surface area contributed by atoms with E-state index in [1.165, 1.54) is 0 Å². The summed E-state index contributed by atoms with van der Waals surface area (Å²) < 4.78 is 0. The number of nitrogens with two attached hydrogens (primary N) is 1. The number of primary amides is 1. The molecule has 0 aliphatic carbocycles. The minimum atomic E-state index is -0.525. The second-order valence-electron chi connectivity index (χ2n) is 2.57. The minimum absolute atomic E-state index is 0.0282. The maximum Gasteiger partial charge on any atom is 0.244 e. The van der Waals surface area contributed by atoms with Crippen molar-refractivity contribution in [2.45, 2.75) is 6.42 Å². The molecular weight excluding hydrogens is 208 g/mol. The van der Waals surface area contributed by atoms with Crippen molar-refractivity contribution in [3.63, 3.8) is 0 Å². The number of terminal acetylenes is 1. The zero-order valence-corrected chi connectivity index (χ0v) is 9.03. The van der Waals surface area contributed by atoms with E-state index in [0.29, 0.717) is 6.54 Å². The highest BCUT2D eigenvalue weighted by atomic mass is 16.3. The molecule has 0 atom stereocenters. The Kier molecular flexibility index (Phi) is 11.3. The van der Waals surface area contributed by atoms with Crippen molar-refractivity contribution < 1.29 is 14.7 Å². The highest BCUT2D eigenvalue weighted by Gasteiger charge is 1.95. The third-order valence-corrected chi connectivity index (χ3v) is 1.26. The van der Waals surface area contributed by atoms with Gasteiger partial charge < -0.3 is 16.2 Å². The Labute approximate surface area is 95.0 Å². The van der Waals surface area contributed by atoms with Gasteiger partial charge in [-0.15, -0.1) is 12.3 Å². The van der Waals surface area contributed by atoms with Crippen molar-refractivity contribution in [1.29, 1.82) is 0 Å². The molecule has 16 heavy (non-hydrogen) atoms. The molecule has 88 valence electrons. The van der Waals surface area contributed by atoms with Crippen LogP contribution in [-0.2, 0) is 9.59 Å². The topological polar surface area (TPSA) is 92.4 Å². The molecule has 5 nitrogen and oxygen atoms in total. The molecule has 0 radical (unpaired) electrons. The molecule has 0 saturated heterocycles. The second kappa shape index (κ2) is 11.0. The van der Waals surface area contributed by atoms with E-state index in [2.05, 4.69) is 24.4 Å². The molecule has 0 bridgehead atoms. The number of carbonyl (C=O) groups is 2. The van der Waals surface area contributed by atoms with Gasteiger partial charge in [-0.3, -0.25) is 9.59 Å². The summed E-state index contributed by atoms with van der Waals surface area (Å²) in [5.41, 5.74) is 5.07. The molecule has 0 aliphatic heterocycles. The third-order valence-electron chi connectivity index (χ3n) is 1.26. The zero-order chi connectivity index (χ0) is 13.0. The van der Waals surface area contributed by atoms with Gasteiger partial charge in [-0.1, -0.05) is 13.2 Å². The van der Waals surface area contributed by atoms with Gasteiger partial charge in [0.05, 0.1) is 6.61 Å². The average molecular weight is 224 g/mol. The first-order valence-electron chi connectivity index (χ1n) is 4.41. The number of aliphatic hydroxyl groups excluding tert-OH is 1. The summed E-state index contributed by atoms with van der Waals surface area (Å²) in [4.78, 5) is 20.3. The van der Waals surface area contributed by atoms with Crippen molar-refractivity contribution >= 4 is 11.8 Å². The predicted molar refractivity (Wildman–Crippen MR) is 62.1 cm³/mol. The van der Waals surface area contributed by atoms with E-state index in [-0.39, 0.29) is 24.5 Å². The van der Waals surface area contributed by atoms with Crippen LogP contribution in [0.3, 0.4) is 0 Å². The second-order valence-corrected chi connectivity index (χ2v) is 2.57. The Bertz CT molecular complexity index is 303. The molecule has 0 aliphatic rings. The molecule has 0 saturated carbocycles. The van der Waals surface area contributed by atoms with Crippen molar-refractivity contribution in [3.05, 3.63) is 24.8 Å².